The van der Waals surface area contributed by atoms with Crippen LogP contribution in [0.15, 0.2) is 52.8 Å². The van der Waals surface area contributed by atoms with Crippen molar-refractivity contribution in [3.63, 3.8) is 0 Å². The average Bonchev–Trinajstić information content (AvgIpc) is 2.95. The number of fused-ring (bicyclic) bond motifs is 1. The summed E-state index contributed by atoms with van der Waals surface area (Å²) in [6, 6.07) is 9.87. The van der Waals surface area contributed by atoms with Crippen LogP contribution >= 0.6 is 0 Å². The molecular formula is C14H11N5O2. The Bertz CT molecular complexity index is 853. The van der Waals surface area contributed by atoms with Gasteiger partial charge in [0.2, 0.25) is 0 Å². The lowest BCUT2D eigenvalue weighted by Gasteiger charge is -2.01. The van der Waals surface area contributed by atoms with Gasteiger partial charge in [0.05, 0.1) is 23.0 Å². The Kier molecular flexibility index (Phi) is 3.07. The molecule has 0 radical (unpaired) electrons. The minimum absolute atomic E-state index is 0.0826. The van der Waals surface area contributed by atoms with Gasteiger partial charge in [-0.25, -0.2) is 4.79 Å². The molecule has 0 amide bonds. The second-order valence-corrected chi connectivity index (χ2v) is 4.36. The number of rotatable bonds is 3. The second kappa shape index (κ2) is 5.04. The Balaban J connectivity index is 2.08. The van der Waals surface area contributed by atoms with Gasteiger partial charge in [-0.15, -0.1) is 10.2 Å². The molecular weight excluding hydrogens is 270 g/mol. The van der Waals surface area contributed by atoms with E-state index in [1.165, 1.54) is 6.07 Å². The number of anilines is 1. The molecule has 0 saturated carbocycles. The van der Waals surface area contributed by atoms with E-state index in [4.69, 9.17) is 10.8 Å². The van der Waals surface area contributed by atoms with Gasteiger partial charge in [-0.1, -0.05) is 12.1 Å². The van der Waals surface area contributed by atoms with E-state index in [0.29, 0.717) is 11.4 Å². The quantitative estimate of drug-likeness (QED) is 0.504. The number of hydrogen-bond donors (Lipinski definition) is 3. The van der Waals surface area contributed by atoms with Crippen LogP contribution in [0.1, 0.15) is 10.4 Å². The first-order chi connectivity index (χ1) is 10.2. The third kappa shape index (κ3) is 2.32. The lowest BCUT2D eigenvalue weighted by Crippen LogP contribution is -1.95. The number of carbonyl (C=O) groups is 1. The van der Waals surface area contributed by atoms with Crippen LogP contribution in [-0.2, 0) is 0 Å². The number of carboxylic acids is 1. The molecule has 21 heavy (non-hydrogen) atoms. The largest absolute Gasteiger partial charge is 0.478 e. The normalized spacial score (nSPS) is 11.2. The molecule has 7 heteroatoms. The van der Waals surface area contributed by atoms with Crippen molar-refractivity contribution in [2.24, 2.45) is 10.2 Å². The number of nitrogens with zero attached hydrogens (tertiary/aromatic N) is 3. The molecule has 0 aliphatic carbocycles. The summed E-state index contributed by atoms with van der Waals surface area (Å²) in [5.41, 5.74) is 7.93. The number of aromatic nitrogens is 2. The number of H-pyrrole nitrogens is 1. The molecule has 3 rings (SSSR count). The topological polar surface area (TPSA) is 117 Å². The van der Waals surface area contributed by atoms with Gasteiger partial charge >= 0.3 is 5.97 Å². The van der Waals surface area contributed by atoms with Crippen LogP contribution in [0.4, 0.5) is 17.1 Å². The average molecular weight is 281 g/mol. The third-order valence-electron chi connectivity index (χ3n) is 3.02. The molecule has 1 aromatic heterocycles. The highest BCUT2D eigenvalue weighted by molar-refractivity contribution is 5.96. The lowest BCUT2D eigenvalue weighted by molar-refractivity contribution is 0.0698. The van der Waals surface area contributed by atoms with E-state index in [1.807, 2.05) is 0 Å². The number of aromatic amines is 1. The van der Waals surface area contributed by atoms with Crippen LogP contribution in [0.3, 0.4) is 0 Å². The number of hydrogen-bond acceptors (Lipinski definition) is 5. The molecule has 104 valence electrons. The number of nitrogens with one attached hydrogen (secondary N) is 1. The van der Waals surface area contributed by atoms with Crippen molar-refractivity contribution < 1.29 is 9.90 Å². The number of carboxylic acid groups (broad SMARTS) is 1. The fourth-order valence-corrected chi connectivity index (χ4v) is 1.98. The van der Waals surface area contributed by atoms with Crippen molar-refractivity contribution in [3.8, 4) is 0 Å². The molecule has 0 atom stereocenters. The highest BCUT2D eigenvalue weighted by Crippen LogP contribution is 2.32. The van der Waals surface area contributed by atoms with Crippen molar-refractivity contribution in [2.75, 3.05) is 5.73 Å². The summed E-state index contributed by atoms with van der Waals surface area (Å²) in [7, 11) is 0. The second-order valence-electron chi connectivity index (χ2n) is 4.36. The number of azo groups is 1. The summed E-state index contributed by atoms with van der Waals surface area (Å²) in [5.74, 6) is -1.06. The number of benzene rings is 2. The maximum absolute atomic E-state index is 11.1. The minimum atomic E-state index is -1.06. The molecule has 1 heterocycles. The van der Waals surface area contributed by atoms with E-state index in [2.05, 4.69) is 20.4 Å². The maximum atomic E-state index is 11.1. The van der Waals surface area contributed by atoms with Gasteiger partial charge in [0, 0.05) is 5.39 Å². The van der Waals surface area contributed by atoms with Crippen LogP contribution < -0.4 is 5.73 Å². The smallest absolute Gasteiger partial charge is 0.337 e. The molecule has 0 saturated heterocycles. The molecule has 0 aliphatic rings. The van der Waals surface area contributed by atoms with Gasteiger partial charge in [-0.3, -0.25) is 5.10 Å². The molecule has 2 aromatic carbocycles. The SMILES string of the molecule is Nc1ccc2[nH]ncc2c1N=Nc1ccccc1C(=O)O. The standard InChI is InChI=1S/C14H11N5O2/c15-10-5-6-12-9(7-16-17-12)13(10)19-18-11-4-2-1-3-8(11)14(20)21/h1-7H,15H2,(H,16,17)(H,20,21). The summed E-state index contributed by atoms with van der Waals surface area (Å²) >= 11 is 0. The van der Waals surface area contributed by atoms with Crippen molar-refractivity contribution in [1.82, 2.24) is 10.2 Å². The van der Waals surface area contributed by atoms with Crippen LogP contribution in [0.25, 0.3) is 10.9 Å². The minimum Gasteiger partial charge on any atom is -0.478 e. The zero-order valence-electron chi connectivity index (χ0n) is 10.8. The van der Waals surface area contributed by atoms with Gasteiger partial charge in [0.25, 0.3) is 0 Å². The Morgan fingerprint density at radius 1 is 1.19 bits per heavy atom. The van der Waals surface area contributed by atoms with Gasteiger partial charge < -0.3 is 10.8 Å². The van der Waals surface area contributed by atoms with Gasteiger partial charge in [0.15, 0.2) is 0 Å². The summed E-state index contributed by atoms with van der Waals surface area (Å²) in [6.07, 6.45) is 1.60. The Hall–Kier alpha value is -3.22. The monoisotopic (exact) mass is 281 g/mol. The third-order valence-corrected chi connectivity index (χ3v) is 3.02. The van der Waals surface area contributed by atoms with Crippen molar-refractivity contribution in [2.45, 2.75) is 0 Å². The summed E-state index contributed by atoms with van der Waals surface area (Å²) in [4.78, 5) is 11.1. The molecule has 0 spiro atoms. The predicted molar refractivity (Wildman–Crippen MR) is 78.1 cm³/mol. The Morgan fingerprint density at radius 3 is 2.81 bits per heavy atom. The number of nitrogens with two attached hydrogens (primary N) is 1. The van der Waals surface area contributed by atoms with E-state index >= 15 is 0 Å². The molecule has 7 nitrogen and oxygen atoms in total. The van der Waals surface area contributed by atoms with E-state index < -0.39 is 5.97 Å². The van der Waals surface area contributed by atoms with Gasteiger partial charge in [-0.05, 0) is 24.3 Å². The van der Waals surface area contributed by atoms with E-state index in [0.717, 1.165) is 10.9 Å². The first kappa shape index (κ1) is 12.8. The highest BCUT2D eigenvalue weighted by atomic mass is 16.4. The summed E-state index contributed by atoms with van der Waals surface area (Å²) in [6.45, 7) is 0. The molecule has 0 bridgehead atoms. The van der Waals surface area contributed by atoms with Crippen LogP contribution in [-0.4, -0.2) is 21.3 Å². The van der Waals surface area contributed by atoms with Crippen LogP contribution in [0.5, 0.6) is 0 Å². The van der Waals surface area contributed by atoms with Crippen molar-refractivity contribution in [1.29, 1.82) is 0 Å². The molecule has 4 N–H and O–H groups in total. The zero-order valence-corrected chi connectivity index (χ0v) is 10.8. The molecule has 0 fully saturated rings. The maximum Gasteiger partial charge on any atom is 0.337 e. The Labute approximate surface area is 119 Å². The van der Waals surface area contributed by atoms with E-state index in [9.17, 15) is 4.79 Å². The lowest BCUT2D eigenvalue weighted by atomic mass is 10.2. The predicted octanol–water partition coefficient (Wildman–Crippen LogP) is 3.26. The van der Waals surface area contributed by atoms with Crippen LogP contribution in [0, 0.1) is 0 Å². The highest BCUT2D eigenvalue weighted by Gasteiger charge is 2.10. The zero-order chi connectivity index (χ0) is 14.8. The fourth-order valence-electron chi connectivity index (χ4n) is 1.98. The molecule has 0 unspecified atom stereocenters. The first-order valence-corrected chi connectivity index (χ1v) is 6.12. The number of nitrogen functional groups attached to an aromatic ring is 1. The van der Waals surface area contributed by atoms with E-state index in [1.54, 1.807) is 36.5 Å². The van der Waals surface area contributed by atoms with Crippen LogP contribution in [0.2, 0.25) is 0 Å². The molecule has 0 aliphatic heterocycles. The van der Waals surface area contributed by atoms with Gasteiger partial charge in [-0.2, -0.15) is 5.10 Å². The van der Waals surface area contributed by atoms with Crippen molar-refractivity contribution >= 4 is 33.9 Å². The summed E-state index contributed by atoms with van der Waals surface area (Å²) in [5, 5.41) is 24.7. The van der Waals surface area contributed by atoms with Gasteiger partial charge in [0.1, 0.15) is 11.4 Å². The number of aromatic carboxylic acids is 1. The fraction of sp³-hybridized carbons (Fsp3) is 0. The van der Waals surface area contributed by atoms with Crippen molar-refractivity contribution in [3.05, 3.63) is 48.2 Å². The summed E-state index contributed by atoms with van der Waals surface area (Å²) < 4.78 is 0. The van der Waals surface area contributed by atoms with E-state index in [-0.39, 0.29) is 11.3 Å². The Morgan fingerprint density at radius 2 is 2.00 bits per heavy atom. The first-order valence-electron chi connectivity index (χ1n) is 6.12. The molecule has 3 aromatic rings.